The average Bonchev–Trinajstić information content (AvgIpc) is 3.44. The second-order valence-electron chi connectivity index (χ2n) is 7.79. The summed E-state index contributed by atoms with van der Waals surface area (Å²) in [5.74, 6) is -0.266. The summed E-state index contributed by atoms with van der Waals surface area (Å²) in [6.45, 7) is 5.03. The number of amides is 2. The fourth-order valence-corrected chi connectivity index (χ4v) is 3.71. The fraction of sp³-hybridized carbons (Fsp3) is 0.600. The third-order valence-electron chi connectivity index (χ3n) is 5.47. The molecule has 5 heteroatoms. The van der Waals surface area contributed by atoms with Crippen LogP contribution in [0.4, 0.5) is 0 Å². The number of nitrogens with zero attached hydrogens (tertiary/aromatic N) is 1. The van der Waals surface area contributed by atoms with Gasteiger partial charge in [-0.1, -0.05) is 37.3 Å². The molecule has 2 N–H and O–H groups in total. The highest BCUT2D eigenvalue weighted by Crippen LogP contribution is 2.34. The molecule has 5 nitrogen and oxygen atoms in total. The Morgan fingerprint density at radius 3 is 2.56 bits per heavy atom. The molecule has 25 heavy (non-hydrogen) atoms. The van der Waals surface area contributed by atoms with E-state index in [2.05, 4.69) is 24.4 Å². The molecule has 136 valence electrons. The molecule has 1 aliphatic carbocycles. The van der Waals surface area contributed by atoms with Gasteiger partial charge in [0.1, 0.15) is 6.04 Å². The van der Waals surface area contributed by atoms with Gasteiger partial charge >= 0.3 is 0 Å². The number of benzene rings is 1. The lowest BCUT2D eigenvalue weighted by molar-refractivity contribution is -0.141. The van der Waals surface area contributed by atoms with Gasteiger partial charge in [-0.05, 0) is 38.2 Å². The third kappa shape index (κ3) is 4.03. The van der Waals surface area contributed by atoms with Crippen molar-refractivity contribution in [3.05, 3.63) is 35.9 Å². The van der Waals surface area contributed by atoms with E-state index in [1.54, 1.807) is 11.8 Å². The summed E-state index contributed by atoms with van der Waals surface area (Å²) >= 11 is 0. The zero-order chi connectivity index (χ0) is 18.0. The molecule has 0 aromatic heterocycles. The molecule has 2 amide bonds. The summed E-state index contributed by atoms with van der Waals surface area (Å²) in [6.07, 6.45) is 2.79. The zero-order valence-electron chi connectivity index (χ0n) is 15.1. The molecule has 1 saturated heterocycles. The highest BCUT2D eigenvalue weighted by atomic mass is 16.3. The number of piperidine rings is 1. The molecule has 2 fully saturated rings. The average molecular weight is 344 g/mol. The van der Waals surface area contributed by atoms with Crippen LogP contribution in [0.1, 0.15) is 45.1 Å². The molecule has 3 atom stereocenters. The van der Waals surface area contributed by atoms with Crippen LogP contribution in [-0.2, 0) is 15.0 Å². The first kappa shape index (κ1) is 17.9. The quantitative estimate of drug-likeness (QED) is 0.856. The van der Waals surface area contributed by atoms with E-state index in [9.17, 15) is 14.7 Å². The van der Waals surface area contributed by atoms with Gasteiger partial charge < -0.3 is 15.3 Å². The summed E-state index contributed by atoms with van der Waals surface area (Å²) in [5.41, 5.74) is 1.13. The normalized spacial score (nSPS) is 26.0. The molecule has 3 unspecified atom stereocenters. The number of carbonyl (C=O) groups is 2. The summed E-state index contributed by atoms with van der Waals surface area (Å²) in [4.78, 5) is 26.9. The van der Waals surface area contributed by atoms with E-state index in [4.69, 9.17) is 0 Å². The lowest BCUT2D eigenvalue weighted by Crippen LogP contribution is -2.57. The highest BCUT2D eigenvalue weighted by molar-refractivity contribution is 5.90. The maximum Gasteiger partial charge on any atom is 0.247 e. The van der Waals surface area contributed by atoms with Crippen molar-refractivity contribution >= 4 is 11.8 Å². The number of aliphatic hydroxyl groups is 1. The van der Waals surface area contributed by atoms with Crippen molar-refractivity contribution in [3.8, 4) is 0 Å². The van der Waals surface area contributed by atoms with Crippen molar-refractivity contribution in [2.24, 2.45) is 5.92 Å². The van der Waals surface area contributed by atoms with E-state index in [0.717, 1.165) is 25.7 Å². The molecule has 3 rings (SSSR count). The van der Waals surface area contributed by atoms with Crippen LogP contribution >= 0.6 is 0 Å². The van der Waals surface area contributed by atoms with Crippen LogP contribution in [0.3, 0.4) is 0 Å². The molecule has 0 bridgehead atoms. The smallest absolute Gasteiger partial charge is 0.247 e. The number of aliphatic hydroxyl groups excluding tert-OH is 1. The number of hydrogen-bond acceptors (Lipinski definition) is 3. The molecule has 2 aliphatic rings. The van der Waals surface area contributed by atoms with Crippen molar-refractivity contribution in [1.82, 2.24) is 10.2 Å². The number of hydrogen-bond donors (Lipinski definition) is 2. The zero-order valence-corrected chi connectivity index (χ0v) is 15.1. The first-order valence-corrected chi connectivity index (χ1v) is 9.23. The van der Waals surface area contributed by atoms with Crippen molar-refractivity contribution < 1.29 is 14.7 Å². The van der Waals surface area contributed by atoms with Gasteiger partial charge in [-0.15, -0.1) is 0 Å². The van der Waals surface area contributed by atoms with Crippen molar-refractivity contribution in [1.29, 1.82) is 0 Å². The number of likely N-dealkylation sites (tertiary alicyclic amines) is 1. The molecule has 1 saturated carbocycles. The van der Waals surface area contributed by atoms with E-state index < -0.39 is 12.1 Å². The van der Waals surface area contributed by atoms with Gasteiger partial charge in [0.2, 0.25) is 11.8 Å². The third-order valence-corrected chi connectivity index (χ3v) is 5.47. The predicted octanol–water partition coefficient (Wildman–Crippen LogP) is 1.84. The molecule has 1 aliphatic heterocycles. The van der Waals surface area contributed by atoms with Gasteiger partial charge in [0.05, 0.1) is 6.10 Å². The second kappa shape index (κ2) is 7.16. The first-order valence-electron chi connectivity index (χ1n) is 9.23. The molecular formula is C20H28N2O3. The van der Waals surface area contributed by atoms with Crippen LogP contribution in [-0.4, -0.2) is 47.1 Å². The van der Waals surface area contributed by atoms with Crippen LogP contribution < -0.4 is 5.32 Å². The van der Waals surface area contributed by atoms with Gasteiger partial charge in [0.25, 0.3) is 0 Å². The minimum Gasteiger partial charge on any atom is -0.391 e. The summed E-state index contributed by atoms with van der Waals surface area (Å²) in [6, 6.07) is 9.40. The molecule has 0 spiro atoms. The minimum atomic E-state index is -0.903. The SMILES string of the molecule is CC(O)C(NC(=O)C1CC1)C(=O)N1CCCC(C)(c2ccccc2)C1. The van der Waals surface area contributed by atoms with E-state index in [1.165, 1.54) is 5.56 Å². The van der Waals surface area contributed by atoms with Crippen LogP contribution in [0.15, 0.2) is 30.3 Å². The van der Waals surface area contributed by atoms with E-state index >= 15 is 0 Å². The van der Waals surface area contributed by atoms with E-state index in [0.29, 0.717) is 13.1 Å². The molecule has 1 aromatic rings. The van der Waals surface area contributed by atoms with Crippen LogP contribution in [0.2, 0.25) is 0 Å². The van der Waals surface area contributed by atoms with Crippen LogP contribution in [0.25, 0.3) is 0 Å². The van der Waals surface area contributed by atoms with Gasteiger partial charge in [-0.25, -0.2) is 0 Å². The monoisotopic (exact) mass is 344 g/mol. The fourth-order valence-electron chi connectivity index (χ4n) is 3.71. The summed E-state index contributed by atoms with van der Waals surface area (Å²) in [5, 5.41) is 12.8. The molecular weight excluding hydrogens is 316 g/mol. The van der Waals surface area contributed by atoms with Crippen molar-refractivity contribution in [3.63, 3.8) is 0 Å². The summed E-state index contributed by atoms with van der Waals surface area (Å²) in [7, 11) is 0. The van der Waals surface area contributed by atoms with Gasteiger partial charge in [-0.2, -0.15) is 0 Å². The minimum absolute atomic E-state index is 0.0185. The Morgan fingerprint density at radius 1 is 1.28 bits per heavy atom. The highest BCUT2D eigenvalue weighted by Gasteiger charge is 2.39. The lowest BCUT2D eigenvalue weighted by Gasteiger charge is -2.42. The maximum absolute atomic E-state index is 13.0. The van der Waals surface area contributed by atoms with Crippen molar-refractivity contribution in [2.45, 2.75) is 57.1 Å². The van der Waals surface area contributed by atoms with Crippen molar-refractivity contribution in [2.75, 3.05) is 13.1 Å². The van der Waals surface area contributed by atoms with Gasteiger partial charge in [0, 0.05) is 24.4 Å². The Bertz CT molecular complexity index is 627. The predicted molar refractivity (Wildman–Crippen MR) is 95.9 cm³/mol. The number of carbonyl (C=O) groups excluding carboxylic acids is 2. The Hall–Kier alpha value is -1.88. The molecule has 1 aromatic carbocycles. The Kier molecular flexibility index (Phi) is 5.13. The maximum atomic E-state index is 13.0. The Morgan fingerprint density at radius 2 is 1.96 bits per heavy atom. The van der Waals surface area contributed by atoms with Crippen LogP contribution in [0, 0.1) is 5.92 Å². The Labute approximate surface area is 149 Å². The lowest BCUT2D eigenvalue weighted by atomic mass is 9.76. The molecule has 0 radical (unpaired) electrons. The molecule has 1 heterocycles. The largest absolute Gasteiger partial charge is 0.391 e. The van der Waals surface area contributed by atoms with Crippen LogP contribution in [0.5, 0.6) is 0 Å². The first-order chi connectivity index (χ1) is 11.9. The number of rotatable bonds is 5. The second-order valence-corrected chi connectivity index (χ2v) is 7.79. The number of nitrogens with one attached hydrogen (secondary N) is 1. The van der Waals surface area contributed by atoms with E-state index in [-0.39, 0.29) is 23.1 Å². The van der Waals surface area contributed by atoms with E-state index in [1.807, 2.05) is 18.2 Å². The summed E-state index contributed by atoms with van der Waals surface area (Å²) < 4.78 is 0. The Balaban J connectivity index is 1.72. The standard InChI is InChI=1S/C20H28N2O3/c1-14(23)17(21-18(24)15-9-10-15)19(25)22-12-6-11-20(2,13-22)16-7-4-3-5-8-16/h3-5,7-8,14-15,17,23H,6,9-13H2,1-2H3,(H,21,24). The van der Waals surface area contributed by atoms with Gasteiger partial charge in [-0.3, -0.25) is 9.59 Å². The van der Waals surface area contributed by atoms with Gasteiger partial charge in [0.15, 0.2) is 0 Å². The topological polar surface area (TPSA) is 69.6 Å².